The molecule has 86 valence electrons. The molecule has 4 heteroatoms. The molecule has 1 aliphatic rings. The Labute approximate surface area is 105 Å². The Morgan fingerprint density at radius 3 is 2.35 bits per heavy atom. The van der Waals surface area contributed by atoms with E-state index < -0.39 is 0 Å². The van der Waals surface area contributed by atoms with Crippen molar-refractivity contribution in [2.45, 2.75) is 18.0 Å². The van der Waals surface area contributed by atoms with Crippen LogP contribution in [0.1, 0.15) is 11.1 Å². The summed E-state index contributed by atoms with van der Waals surface area (Å²) in [6, 6.07) is 8.59. The fourth-order valence-electron chi connectivity index (χ4n) is 2.20. The molecular formula is C13H13N3S. The lowest BCUT2D eigenvalue weighted by Gasteiger charge is -2.19. The van der Waals surface area contributed by atoms with Gasteiger partial charge in [-0.1, -0.05) is 24.3 Å². The summed E-state index contributed by atoms with van der Waals surface area (Å²) in [4.78, 5) is 3.54. The Morgan fingerprint density at radius 2 is 1.71 bits per heavy atom. The molecule has 3 rings (SSSR count). The fraction of sp³-hybridized carbons (Fsp3) is 0.231. The molecule has 0 radical (unpaired) electrons. The second-order valence-electron chi connectivity index (χ2n) is 4.07. The van der Waals surface area contributed by atoms with Crippen molar-refractivity contribution in [1.82, 2.24) is 10.2 Å². The Morgan fingerprint density at radius 1 is 1.06 bits per heavy atom. The first-order chi connectivity index (χ1) is 8.38. The van der Waals surface area contributed by atoms with E-state index in [2.05, 4.69) is 45.6 Å². The van der Waals surface area contributed by atoms with Crippen molar-refractivity contribution in [3.05, 3.63) is 47.8 Å². The molecule has 0 unspecified atom stereocenters. The molecule has 0 aliphatic carbocycles. The number of hydrogen-bond donors (Lipinski definition) is 0. The quantitative estimate of drug-likeness (QED) is 0.758. The zero-order valence-electron chi connectivity index (χ0n) is 9.63. The third-order valence-corrected chi connectivity index (χ3v) is 3.83. The van der Waals surface area contributed by atoms with Gasteiger partial charge >= 0.3 is 0 Å². The SMILES string of the molecule is CSc1cnncc1N1Cc2ccccc2C1. The maximum atomic E-state index is 4.00. The molecule has 0 amide bonds. The molecule has 1 aromatic carbocycles. The number of hydrogen-bond acceptors (Lipinski definition) is 4. The number of aromatic nitrogens is 2. The van der Waals surface area contributed by atoms with Crippen LogP contribution in [0.3, 0.4) is 0 Å². The summed E-state index contributed by atoms with van der Waals surface area (Å²) in [5.41, 5.74) is 4.01. The Kier molecular flexibility index (Phi) is 2.73. The first-order valence-electron chi connectivity index (χ1n) is 5.55. The Bertz CT molecular complexity index is 517. The van der Waals surface area contributed by atoms with Gasteiger partial charge in [0.15, 0.2) is 0 Å². The lowest BCUT2D eigenvalue weighted by atomic mass is 10.1. The molecule has 2 heterocycles. The minimum absolute atomic E-state index is 0.968. The van der Waals surface area contributed by atoms with Crippen LogP contribution in [0.25, 0.3) is 0 Å². The van der Waals surface area contributed by atoms with Crippen molar-refractivity contribution in [3.63, 3.8) is 0 Å². The summed E-state index contributed by atoms with van der Waals surface area (Å²) in [5.74, 6) is 0. The highest BCUT2D eigenvalue weighted by Crippen LogP contribution is 2.33. The van der Waals surface area contributed by atoms with Gasteiger partial charge < -0.3 is 4.90 Å². The van der Waals surface area contributed by atoms with E-state index >= 15 is 0 Å². The van der Waals surface area contributed by atoms with E-state index in [4.69, 9.17) is 0 Å². The molecule has 0 saturated carbocycles. The molecule has 0 spiro atoms. The maximum Gasteiger partial charge on any atom is 0.0741 e. The van der Waals surface area contributed by atoms with E-state index in [0.29, 0.717) is 0 Å². The summed E-state index contributed by atoms with van der Waals surface area (Å²) in [6.45, 7) is 1.94. The van der Waals surface area contributed by atoms with Gasteiger partial charge in [-0.15, -0.1) is 11.8 Å². The van der Waals surface area contributed by atoms with Crippen LogP contribution in [0, 0.1) is 0 Å². The average molecular weight is 243 g/mol. The second-order valence-corrected chi connectivity index (χ2v) is 4.92. The van der Waals surface area contributed by atoms with Crippen LogP contribution in [0.2, 0.25) is 0 Å². The van der Waals surface area contributed by atoms with Crippen LogP contribution in [0.4, 0.5) is 5.69 Å². The van der Waals surface area contributed by atoms with Crippen molar-refractivity contribution >= 4 is 17.4 Å². The third kappa shape index (κ3) is 1.89. The monoisotopic (exact) mass is 243 g/mol. The predicted molar refractivity (Wildman–Crippen MR) is 70.1 cm³/mol. The zero-order valence-corrected chi connectivity index (χ0v) is 10.4. The minimum atomic E-state index is 0.968. The molecule has 1 aromatic heterocycles. The lowest BCUT2D eigenvalue weighted by Crippen LogP contribution is -2.15. The van der Waals surface area contributed by atoms with Gasteiger partial charge in [0.2, 0.25) is 0 Å². The molecule has 0 saturated heterocycles. The fourth-order valence-corrected chi connectivity index (χ4v) is 2.75. The van der Waals surface area contributed by atoms with Crippen LogP contribution in [0.15, 0.2) is 41.6 Å². The highest BCUT2D eigenvalue weighted by Gasteiger charge is 2.20. The first-order valence-corrected chi connectivity index (χ1v) is 6.77. The Balaban J connectivity index is 1.94. The van der Waals surface area contributed by atoms with Crippen molar-refractivity contribution in [3.8, 4) is 0 Å². The molecular weight excluding hydrogens is 230 g/mol. The van der Waals surface area contributed by atoms with Gasteiger partial charge in [-0.3, -0.25) is 0 Å². The molecule has 0 bridgehead atoms. The highest BCUT2D eigenvalue weighted by atomic mass is 32.2. The average Bonchev–Trinajstić information content (AvgIpc) is 2.82. The van der Waals surface area contributed by atoms with Gasteiger partial charge in [-0.25, -0.2) is 0 Å². The van der Waals surface area contributed by atoms with Crippen LogP contribution in [0.5, 0.6) is 0 Å². The number of rotatable bonds is 2. The van der Waals surface area contributed by atoms with Gasteiger partial charge in [0, 0.05) is 13.1 Å². The highest BCUT2D eigenvalue weighted by molar-refractivity contribution is 7.98. The van der Waals surface area contributed by atoms with Crippen molar-refractivity contribution < 1.29 is 0 Å². The topological polar surface area (TPSA) is 29.0 Å². The summed E-state index contributed by atoms with van der Waals surface area (Å²) >= 11 is 1.72. The van der Waals surface area contributed by atoms with Crippen LogP contribution in [-0.2, 0) is 13.1 Å². The largest absolute Gasteiger partial charge is 0.361 e. The molecule has 3 nitrogen and oxygen atoms in total. The smallest absolute Gasteiger partial charge is 0.0741 e. The van der Waals surface area contributed by atoms with E-state index in [1.807, 2.05) is 12.4 Å². The van der Waals surface area contributed by atoms with Crippen LogP contribution in [-0.4, -0.2) is 16.5 Å². The summed E-state index contributed by atoms with van der Waals surface area (Å²) in [6.07, 6.45) is 5.77. The third-order valence-electron chi connectivity index (χ3n) is 3.08. The van der Waals surface area contributed by atoms with Crippen LogP contribution < -0.4 is 4.90 Å². The molecule has 1 aliphatic heterocycles. The lowest BCUT2D eigenvalue weighted by molar-refractivity contribution is 0.846. The molecule has 2 aromatic rings. The van der Waals surface area contributed by atoms with E-state index in [1.165, 1.54) is 21.7 Å². The summed E-state index contributed by atoms with van der Waals surface area (Å²) in [5, 5.41) is 7.93. The van der Waals surface area contributed by atoms with Gasteiger partial charge in [0.25, 0.3) is 0 Å². The van der Waals surface area contributed by atoms with Crippen molar-refractivity contribution in [2.75, 3.05) is 11.2 Å². The molecule has 0 N–H and O–H groups in total. The normalized spacial score (nSPS) is 13.8. The molecule has 17 heavy (non-hydrogen) atoms. The number of thioether (sulfide) groups is 1. The number of fused-ring (bicyclic) bond motifs is 1. The predicted octanol–water partition coefficient (Wildman–Crippen LogP) is 2.72. The number of anilines is 1. The summed E-state index contributed by atoms with van der Waals surface area (Å²) in [7, 11) is 0. The minimum Gasteiger partial charge on any atom is -0.361 e. The van der Waals surface area contributed by atoms with E-state index in [1.54, 1.807) is 11.8 Å². The first kappa shape index (κ1) is 10.6. The number of benzene rings is 1. The Hall–Kier alpha value is -1.55. The second kappa shape index (κ2) is 4.37. The van der Waals surface area contributed by atoms with Crippen LogP contribution >= 0.6 is 11.8 Å². The van der Waals surface area contributed by atoms with E-state index in [0.717, 1.165) is 13.1 Å². The molecule has 0 atom stereocenters. The van der Waals surface area contributed by atoms with Gasteiger partial charge in [0.1, 0.15) is 0 Å². The van der Waals surface area contributed by atoms with Crippen molar-refractivity contribution in [1.29, 1.82) is 0 Å². The zero-order chi connectivity index (χ0) is 11.7. The standard InChI is InChI=1S/C13H13N3S/c1-17-13-7-15-14-6-12(13)16-8-10-4-2-3-5-11(10)9-16/h2-7H,8-9H2,1H3. The van der Waals surface area contributed by atoms with Crippen molar-refractivity contribution in [2.24, 2.45) is 0 Å². The van der Waals surface area contributed by atoms with Gasteiger partial charge in [-0.05, 0) is 17.4 Å². The molecule has 0 fully saturated rings. The maximum absolute atomic E-state index is 4.00. The van der Waals surface area contributed by atoms with E-state index in [9.17, 15) is 0 Å². The number of nitrogens with zero attached hydrogens (tertiary/aromatic N) is 3. The van der Waals surface area contributed by atoms with Gasteiger partial charge in [-0.2, -0.15) is 10.2 Å². The van der Waals surface area contributed by atoms with Gasteiger partial charge in [0.05, 0.1) is 23.0 Å². The summed E-state index contributed by atoms with van der Waals surface area (Å²) < 4.78 is 0. The van der Waals surface area contributed by atoms with E-state index in [-0.39, 0.29) is 0 Å².